The fourth-order valence-corrected chi connectivity index (χ4v) is 5.21. The number of nitrogens with one attached hydrogen (secondary N) is 1. The summed E-state index contributed by atoms with van der Waals surface area (Å²) in [5.74, 6) is 0.0627. The van der Waals surface area contributed by atoms with E-state index in [2.05, 4.69) is 21.2 Å². The Morgan fingerprint density at radius 2 is 2.07 bits per heavy atom. The first-order valence-corrected chi connectivity index (χ1v) is 10.3. The molecule has 2 N–H and O–H groups in total. The Morgan fingerprint density at radius 1 is 1.26 bits per heavy atom. The lowest BCUT2D eigenvalue weighted by atomic mass is 9.74. The molecule has 2 heterocycles. The lowest BCUT2D eigenvalue weighted by Gasteiger charge is -2.34. The quantitative estimate of drug-likeness (QED) is 0.737. The molecule has 7 heteroatoms. The summed E-state index contributed by atoms with van der Waals surface area (Å²) in [6.07, 6.45) is 1.30. The second kappa shape index (κ2) is 7.13. The average Bonchev–Trinajstić information content (AvgIpc) is 3.17. The highest BCUT2D eigenvalue weighted by Gasteiger charge is 2.38. The van der Waals surface area contributed by atoms with Crippen LogP contribution in [0.5, 0.6) is 11.5 Å². The molecule has 27 heavy (non-hydrogen) atoms. The van der Waals surface area contributed by atoms with Crippen LogP contribution in [0.15, 0.2) is 45.4 Å². The van der Waals surface area contributed by atoms with Crippen LogP contribution in [0.25, 0.3) is 0 Å². The Kier molecular flexibility index (Phi) is 4.82. The molecular weight excluding hydrogens is 430 g/mol. The molecule has 0 fully saturated rings. The van der Waals surface area contributed by atoms with Gasteiger partial charge in [-0.15, -0.1) is 11.3 Å². The van der Waals surface area contributed by atoms with Crippen molar-refractivity contribution in [2.45, 2.75) is 31.1 Å². The Labute approximate surface area is 169 Å². The van der Waals surface area contributed by atoms with E-state index < -0.39 is 0 Å². The van der Waals surface area contributed by atoms with Gasteiger partial charge in [0.25, 0.3) is 0 Å². The maximum absolute atomic E-state index is 13.0. The van der Waals surface area contributed by atoms with E-state index in [-0.39, 0.29) is 35.7 Å². The Balaban J connectivity index is 1.76. The van der Waals surface area contributed by atoms with Crippen molar-refractivity contribution in [2.75, 3.05) is 7.11 Å². The highest BCUT2D eigenvalue weighted by molar-refractivity contribution is 9.10. The van der Waals surface area contributed by atoms with Gasteiger partial charge in [-0.1, -0.05) is 6.07 Å². The number of aromatic hydroxyl groups is 1. The number of carbonyl (C=O) groups is 2. The van der Waals surface area contributed by atoms with Gasteiger partial charge in [-0.2, -0.15) is 0 Å². The van der Waals surface area contributed by atoms with Crippen molar-refractivity contribution in [1.29, 1.82) is 0 Å². The molecule has 0 saturated carbocycles. The number of ether oxygens (including phenoxy) is 1. The fraction of sp³-hybridized carbons (Fsp3) is 0.300. The summed E-state index contributed by atoms with van der Waals surface area (Å²) in [7, 11) is 1.47. The first-order valence-electron chi connectivity index (χ1n) is 8.63. The number of methoxy groups -OCH3 is 1. The van der Waals surface area contributed by atoms with Gasteiger partial charge in [-0.3, -0.25) is 9.59 Å². The largest absolute Gasteiger partial charge is 0.503 e. The number of rotatable bonds is 3. The fourth-order valence-electron chi connectivity index (χ4n) is 3.92. The third-order valence-electron chi connectivity index (χ3n) is 5.15. The van der Waals surface area contributed by atoms with E-state index in [4.69, 9.17) is 4.74 Å². The molecule has 2 aromatic rings. The monoisotopic (exact) mass is 447 g/mol. The summed E-state index contributed by atoms with van der Waals surface area (Å²) >= 11 is 4.97. The molecule has 0 saturated heterocycles. The molecule has 5 nitrogen and oxygen atoms in total. The van der Waals surface area contributed by atoms with Crippen LogP contribution < -0.4 is 10.1 Å². The highest BCUT2D eigenvalue weighted by Crippen LogP contribution is 2.46. The van der Waals surface area contributed by atoms with E-state index in [1.54, 1.807) is 23.5 Å². The lowest BCUT2D eigenvalue weighted by molar-refractivity contribution is -0.122. The van der Waals surface area contributed by atoms with E-state index in [1.165, 1.54) is 12.0 Å². The van der Waals surface area contributed by atoms with Crippen molar-refractivity contribution in [1.82, 2.24) is 5.32 Å². The summed E-state index contributed by atoms with van der Waals surface area (Å²) in [5.41, 5.74) is 2.19. The number of Topliss-reactive ketones (excluding diaryl/α,β-unsaturated/α-hetero) is 1. The normalized spacial score (nSPS) is 22.4. The first-order chi connectivity index (χ1) is 13.0. The molecule has 0 unspecified atom stereocenters. The van der Waals surface area contributed by atoms with Gasteiger partial charge in [-0.25, -0.2) is 0 Å². The zero-order chi connectivity index (χ0) is 19.1. The Morgan fingerprint density at radius 3 is 2.78 bits per heavy atom. The number of allylic oxidation sites excluding steroid dienone is 2. The summed E-state index contributed by atoms with van der Waals surface area (Å²) in [4.78, 5) is 26.6. The van der Waals surface area contributed by atoms with Gasteiger partial charge in [0, 0.05) is 40.8 Å². The smallest absolute Gasteiger partial charge is 0.225 e. The number of hydrogen-bond acceptors (Lipinski definition) is 5. The highest BCUT2D eigenvalue weighted by atomic mass is 79.9. The van der Waals surface area contributed by atoms with E-state index in [9.17, 15) is 14.7 Å². The molecule has 0 bridgehead atoms. The van der Waals surface area contributed by atoms with Crippen molar-refractivity contribution in [2.24, 2.45) is 0 Å². The van der Waals surface area contributed by atoms with Crippen molar-refractivity contribution in [3.63, 3.8) is 0 Å². The number of phenols is 1. The molecule has 0 radical (unpaired) electrons. The van der Waals surface area contributed by atoms with Gasteiger partial charge in [-0.05, 0) is 51.5 Å². The van der Waals surface area contributed by atoms with Crippen molar-refractivity contribution in [3.05, 3.63) is 55.8 Å². The second-order valence-electron chi connectivity index (χ2n) is 6.79. The Hall–Kier alpha value is -2.12. The minimum atomic E-state index is -0.337. The number of halogens is 1. The molecule has 0 spiro atoms. The van der Waals surface area contributed by atoms with Crippen LogP contribution in [0.2, 0.25) is 0 Å². The summed E-state index contributed by atoms with van der Waals surface area (Å²) in [6.45, 7) is 0. The summed E-state index contributed by atoms with van der Waals surface area (Å²) in [6, 6.07) is 7.48. The number of benzene rings is 1. The van der Waals surface area contributed by atoms with Crippen LogP contribution in [0, 0.1) is 0 Å². The standard InChI is InChI=1S/C20H18BrNO4S/c1-26-16-8-10(5-13(21)20(16)25)12-9-18(24)22-14-6-11(7-15(23)19(12)14)17-3-2-4-27-17/h2-5,8,11-12,25H,6-7,9H2,1H3,(H,22,24)/t11-,12+/m0/s1. The minimum absolute atomic E-state index is 0.00319. The maximum atomic E-state index is 13.0. The van der Waals surface area contributed by atoms with Gasteiger partial charge in [0.1, 0.15) is 0 Å². The number of amides is 1. The van der Waals surface area contributed by atoms with E-state index >= 15 is 0 Å². The molecule has 1 aliphatic heterocycles. The molecular formula is C20H18BrNO4S. The minimum Gasteiger partial charge on any atom is -0.503 e. The molecule has 1 aliphatic carbocycles. The number of hydrogen-bond donors (Lipinski definition) is 2. The van der Waals surface area contributed by atoms with Crippen LogP contribution in [0.1, 0.15) is 41.5 Å². The summed E-state index contributed by atoms with van der Waals surface area (Å²) in [5, 5.41) is 15.0. The average molecular weight is 448 g/mol. The van der Waals surface area contributed by atoms with Crippen LogP contribution in [-0.4, -0.2) is 23.9 Å². The van der Waals surface area contributed by atoms with Gasteiger partial charge in [0.05, 0.1) is 11.6 Å². The zero-order valence-corrected chi connectivity index (χ0v) is 17.0. The predicted molar refractivity (Wildman–Crippen MR) is 106 cm³/mol. The van der Waals surface area contributed by atoms with E-state index in [0.717, 1.165) is 11.3 Å². The number of phenolic OH excluding ortho intramolecular Hbond substituents is 1. The Bertz CT molecular complexity index is 951. The number of carbonyl (C=O) groups excluding carboxylic acids is 2. The summed E-state index contributed by atoms with van der Waals surface area (Å²) < 4.78 is 5.71. The van der Waals surface area contributed by atoms with Crippen LogP contribution in [-0.2, 0) is 9.59 Å². The number of ketones is 1. The van der Waals surface area contributed by atoms with Crippen molar-refractivity contribution in [3.8, 4) is 11.5 Å². The third-order valence-corrected chi connectivity index (χ3v) is 6.79. The molecule has 1 amide bonds. The van der Waals surface area contributed by atoms with Gasteiger partial charge in [0.2, 0.25) is 5.91 Å². The van der Waals surface area contributed by atoms with Gasteiger partial charge >= 0.3 is 0 Å². The van der Waals surface area contributed by atoms with E-state index in [0.29, 0.717) is 28.6 Å². The SMILES string of the molecule is COc1cc([C@H]2CC(=O)NC3=C2C(=O)C[C@@H](c2cccs2)C3)cc(Br)c1O. The van der Waals surface area contributed by atoms with E-state index in [1.807, 2.05) is 17.5 Å². The van der Waals surface area contributed by atoms with Gasteiger partial charge < -0.3 is 15.2 Å². The second-order valence-corrected chi connectivity index (χ2v) is 8.63. The van der Waals surface area contributed by atoms with Crippen molar-refractivity contribution >= 4 is 39.0 Å². The first kappa shape index (κ1) is 18.3. The number of thiophene rings is 1. The molecule has 2 aliphatic rings. The van der Waals surface area contributed by atoms with Crippen LogP contribution >= 0.6 is 27.3 Å². The molecule has 1 aromatic heterocycles. The molecule has 2 atom stereocenters. The molecule has 4 rings (SSSR count). The predicted octanol–water partition coefficient (Wildman–Crippen LogP) is 4.23. The zero-order valence-electron chi connectivity index (χ0n) is 14.6. The molecule has 140 valence electrons. The van der Waals surface area contributed by atoms with Crippen LogP contribution in [0.4, 0.5) is 0 Å². The van der Waals surface area contributed by atoms with Gasteiger partial charge in [0.15, 0.2) is 17.3 Å². The van der Waals surface area contributed by atoms with Crippen LogP contribution in [0.3, 0.4) is 0 Å². The third kappa shape index (κ3) is 3.30. The molecule has 1 aromatic carbocycles. The maximum Gasteiger partial charge on any atom is 0.225 e. The lowest BCUT2D eigenvalue weighted by Crippen LogP contribution is -2.38. The van der Waals surface area contributed by atoms with Crippen molar-refractivity contribution < 1.29 is 19.4 Å². The topological polar surface area (TPSA) is 75.6 Å².